The number of ether oxygens (including phenoxy) is 1. The summed E-state index contributed by atoms with van der Waals surface area (Å²) >= 11 is 0. The topological polar surface area (TPSA) is 87.7 Å². The number of nitrogens with zero attached hydrogens (tertiary/aromatic N) is 1. The standard InChI is InChI=1S/C16H27N3O4S/c1-4-19(5-2)24(21,22)15-8-6-14(7-9-15)16(20)18-11-10-17-12-13-23-3/h6-9,17H,4-5,10-13H2,1-3H3,(H,18,20). The number of amides is 1. The molecular weight excluding hydrogens is 330 g/mol. The summed E-state index contributed by atoms with van der Waals surface area (Å²) in [4.78, 5) is 12.2. The number of hydrogen-bond donors (Lipinski definition) is 2. The summed E-state index contributed by atoms with van der Waals surface area (Å²) in [6, 6.07) is 6.01. The molecule has 0 aliphatic heterocycles. The van der Waals surface area contributed by atoms with E-state index >= 15 is 0 Å². The summed E-state index contributed by atoms with van der Waals surface area (Å²) in [5.74, 6) is -0.227. The van der Waals surface area contributed by atoms with Gasteiger partial charge in [0.25, 0.3) is 5.91 Å². The second kappa shape index (κ2) is 10.4. The molecule has 0 saturated heterocycles. The Bertz CT molecular complexity index is 598. The van der Waals surface area contributed by atoms with Gasteiger partial charge in [0.05, 0.1) is 11.5 Å². The molecule has 0 radical (unpaired) electrons. The number of methoxy groups -OCH3 is 1. The third kappa shape index (κ3) is 5.86. The maximum Gasteiger partial charge on any atom is 0.251 e. The van der Waals surface area contributed by atoms with Crippen molar-refractivity contribution in [1.82, 2.24) is 14.9 Å². The molecule has 1 rings (SSSR count). The summed E-state index contributed by atoms with van der Waals surface area (Å²) in [5.41, 5.74) is 0.436. The predicted molar refractivity (Wildman–Crippen MR) is 93.6 cm³/mol. The highest BCUT2D eigenvalue weighted by Gasteiger charge is 2.21. The van der Waals surface area contributed by atoms with Gasteiger partial charge < -0.3 is 15.4 Å². The van der Waals surface area contributed by atoms with Crippen molar-refractivity contribution in [2.24, 2.45) is 0 Å². The third-order valence-corrected chi connectivity index (χ3v) is 5.59. The SMILES string of the molecule is CCN(CC)S(=O)(=O)c1ccc(C(=O)NCCNCCOC)cc1. The van der Waals surface area contributed by atoms with Gasteiger partial charge in [0.2, 0.25) is 10.0 Å². The molecule has 0 heterocycles. The minimum absolute atomic E-state index is 0.198. The quantitative estimate of drug-likeness (QED) is 0.569. The molecule has 0 spiro atoms. The molecule has 0 aliphatic rings. The fourth-order valence-corrected chi connectivity index (χ4v) is 3.61. The summed E-state index contributed by atoms with van der Waals surface area (Å²) in [6.07, 6.45) is 0. The Morgan fingerprint density at radius 1 is 1.08 bits per heavy atom. The lowest BCUT2D eigenvalue weighted by atomic mass is 10.2. The van der Waals surface area contributed by atoms with Crippen LogP contribution in [-0.2, 0) is 14.8 Å². The van der Waals surface area contributed by atoms with Gasteiger partial charge in [0, 0.05) is 45.4 Å². The molecule has 0 fully saturated rings. The fourth-order valence-electron chi connectivity index (χ4n) is 2.16. The molecule has 136 valence electrons. The zero-order chi connectivity index (χ0) is 18.0. The van der Waals surface area contributed by atoms with Crippen LogP contribution in [0.5, 0.6) is 0 Å². The van der Waals surface area contributed by atoms with Crippen LogP contribution < -0.4 is 10.6 Å². The van der Waals surface area contributed by atoms with Crippen molar-refractivity contribution in [2.75, 3.05) is 46.4 Å². The Morgan fingerprint density at radius 3 is 2.25 bits per heavy atom. The van der Waals surface area contributed by atoms with Crippen molar-refractivity contribution in [2.45, 2.75) is 18.7 Å². The van der Waals surface area contributed by atoms with Gasteiger partial charge in [-0.2, -0.15) is 4.31 Å². The Labute approximate surface area is 144 Å². The molecule has 2 N–H and O–H groups in total. The van der Waals surface area contributed by atoms with Crippen LogP contribution in [0, 0.1) is 0 Å². The van der Waals surface area contributed by atoms with E-state index in [4.69, 9.17) is 4.74 Å². The lowest BCUT2D eigenvalue weighted by molar-refractivity contribution is 0.0953. The van der Waals surface area contributed by atoms with E-state index in [2.05, 4.69) is 10.6 Å². The van der Waals surface area contributed by atoms with Crippen molar-refractivity contribution < 1.29 is 17.9 Å². The molecule has 24 heavy (non-hydrogen) atoms. The smallest absolute Gasteiger partial charge is 0.251 e. The molecule has 1 amide bonds. The van der Waals surface area contributed by atoms with Gasteiger partial charge in [-0.05, 0) is 24.3 Å². The van der Waals surface area contributed by atoms with Crippen molar-refractivity contribution in [3.05, 3.63) is 29.8 Å². The zero-order valence-corrected chi connectivity index (χ0v) is 15.4. The Kier molecular flexibility index (Phi) is 8.91. The van der Waals surface area contributed by atoms with Gasteiger partial charge in [0.15, 0.2) is 0 Å². The third-order valence-electron chi connectivity index (χ3n) is 3.53. The van der Waals surface area contributed by atoms with E-state index in [0.29, 0.717) is 38.3 Å². The summed E-state index contributed by atoms with van der Waals surface area (Å²) < 4.78 is 31.1. The van der Waals surface area contributed by atoms with Gasteiger partial charge in [-0.25, -0.2) is 8.42 Å². The van der Waals surface area contributed by atoms with Crippen molar-refractivity contribution >= 4 is 15.9 Å². The van der Waals surface area contributed by atoms with Crippen LogP contribution in [0.1, 0.15) is 24.2 Å². The second-order valence-electron chi connectivity index (χ2n) is 5.11. The molecule has 0 atom stereocenters. The summed E-state index contributed by atoms with van der Waals surface area (Å²) in [7, 11) is -1.86. The molecule has 0 saturated carbocycles. The first kappa shape index (κ1) is 20.6. The maximum atomic E-state index is 12.4. The lowest BCUT2D eigenvalue weighted by Crippen LogP contribution is -2.33. The van der Waals surface area contributed by atoms with E-state index in [9.17, 15) is 13.2 Å². The van der Waals surface area contributed by atoms with Crippen molar-refractivity contribution in [1.29, 1.82) is 0 Å². The zero-order valence-electron chi connectivity index (χ0n) is 14.5. The number of carbonyl (C=O) groups excluding carboxylic acids is 1. The minimum atomic E-state index is -3.49. The number of nitrogens with one attached hydrogen (secondary N) is 2. The molecule has 0 aromatic heterocycles. The van der Waals surface area contributed by atoms with Gasteiger partial charge in [-0.3, -0.25) is 4.79 Å². The van der Waals surface area contributed by atoms with Crippen LogP contribution in [0.15, 0.2) is 29.2 Å². The van der Waals surface area contributed by atoms with Crippen LogP contribution >= 0.6 is 0 Å². The van der Waals surface area contributed by atoms with Gasteiger partial charge in [-0.15, -0.1) is 0 Å². The Morgan fingerprint density at radius 2 is 1.71 bits per heavy atom. The van der Waals surface area contributed by atoms with Crippen molar-refractivity contribution in [3.8, 4) is 0 Å². The number of rotatable bonds is 11. The lowest BCUT2D eigenvalue weighted by Gasteiger charge is -2.18. The van der Waals surface area contributed by atoms with Crippen LogP contribution in [-0.4, -0.2) is 65.1 Å². The highest BCUT2D eigenvalue weighted by atomic mass is 32.2. The molecule has 8 heteroatoms. The van der Waals surface area contributed by atoms with E-state index in [-0.39, 0.29) is 10.8 Å². The fraction of sp³-hybridized carbons (Fsp3) is 0.562. The molecular formula is C16H27N3O4S. The highest BCUT2D eigenvalue weighted by Crippen LogP contribution is 2.16. The second-order valence-corrected chi connectivity index (χ2v) is 7.05. The first-order valence-corrected chi connectivity index (χ1v) is 9.49. The average Bonchev–Trinajstić information content (AvgIpc) is 2.58. The van der Waals surface area contributed by atoms with E-state index in [1.807, 2.05) is 0 Å². The molecule has 7 nitrogen and oxygen atoms in total. The van der Waals surface area contributed by atoms with Crippen LogP contribution in [0.4, 0.5) is 0 Å². The van der Waals surface area contributed by atoms with E-state index in [1.165, 1.54) is 28.6 Å². The monoisotopic (exact) mass is 357 g/mol. The van der Waals surface area contributed by atoms with Crippen molar-refractivity contribution in [3.63, 3.8) is 0 Å². The van der Waals surface area contributed by atoms with Gasteiger partial charge in [0.1, 0.15) is 0 Å². The average molecular weight is 357 g/mol. The largest absolute Gasteiger partial charge is 0.383 e. The molecule has 1 aromatic rings. The number of hydrogen-bond acceptors (Lipinski definition) is 5. The summed E-state index contributed by atoms with van der Waals surface area (Å²) in [6.45, 7) is 6.90. The van der Waals surface area contributed by atoms with E-state index in [0.717, 1.165) is 6.54 Å². The summed E-state index contributed by atoms with van der Waals surface area (Å²) in [5, 5.41) is 5.90. The van der Waals surface area contributed by atoms with Crippen LogP contribution in [0.3, 0.4) is 0 Å². The van der Waals surface area contributed by atoms with E-state index < -0.39 is 10.0 Å². The normalized spacial score (nSPS) is 11.7. The molecule has 0 aliphatic carbocycles. The minimum Gasteiger partial charge on any atom is -0.383 e. The van der Waals surface area contributed by atoms with E-state index in [1.54, 1.807) is 21.0 Å². The number of carbonyl (C=O) groups is 1. The Hall–Kier alpha value is -1.48. The van der Waals surface area contributed by atoms with Crippen LogP contribution in [0.2, 0.25) is 0 Å². The number of benzene rings is 1. The highest BCUT2D eigenvalue weighted by molar-refractivity contribution is 7.89. The first-order valence-electron chi connectivity index (χ1n) is 8.05. The van der Waals surface area contributed by atoms with Gasteiger partial charge in [-0.1, -0.05) is 13.8 Å². The predicted octanol–water partition coefficient (Wildman–Crippen LogP) is 0.683. The molecule has 0 unspecified atom stereocenters. The van der Waals surface area contributed by atoms with Gasteiger partial charge >= 0.3 is 0 Å². The maximum absolute atomic E-state index is 12.4. The first-order chi connectivity index (χ1) is 11.5. The van der Waals surface area contributed by atoms with Crippen LogP contribution in [0.25, 0.3) is 0 Å². The Balaban J connectivity index is 2.59. The number of sulfonamides is 1. The molecule has 1 aromatic carbocycles. The molecule has 0 bridgehead atoms.